The minimum absolute atomic E-state index is 0.0241. The van der Waals surface area contributed by atoms with Crippen LogP contribution in [0.3, 0.4) is 0 Å². The van der Waals surface area contributed by atoms with Crippen molar-refractivity contribution in [2.75, 3.05) is 44.6 Å². The Labute approximate surface area is 224 Å². The van der Waals surface area contributed by atoms with Crippen LogP contribution in [0.25, 0.3) is 10.9 Å². The molecule has 0 bridgehead atoms. The van der Waals surface area contributed by atoms with Gasteiger partial charge < -0.3 is 25.2 Å². The highest BCUT2D eigenvalue weighted by Crippen LogP contribution is 2.47. The second kappa shape index (κ2) is 9.64. The molecule has 0 radical (unpaired) electrons. The monoisotopic (exact) mass is 520 g/mol. The SMILES string of the molecule is Cc1ccc2c(c1)NCC21CCN(CC(O)C2CCN(C(=O)c3cc4cc(Cl)ccc4[nH]3)CC2)CC1C. The molecule has 37 heavy (non-hydrogen) atoms. The van der Waals surface area contributed by atoms with Crippen molar-refractivity contribution in [3.05, 3.63) is 64.3 Å². The fourth-order valence-corrected chi connectivity index (χ4v) is 7.14. The van der Waals surface area contributed by atoms with Gasteiger partial charge >= 0.3 is 0 Å². The van der Waals surface area contributed by atoms with E-state index in [1.165, 1.54) is 16.8 Å². The molecule has 1 amide bonds. The fraction of sp³-hybridized carbons (Fsp3) is 0.500. The molecular weight excluding hydrogens is 484 g/mol. The molecule has 0 saturated carbocycles. The number of aromatic amines is 1. The summed E-state index contributed by atoms with van der Waals surface area (Å²) in [6.07, 6.45) is 2.43. The van der Waals surface area contributed by atoms with E-state index in [-0.39, 0.29) is 23.3 Å². The largest absolute Gasteiger partial charge is 0.392 e. The Balaban J connectivity index is 1.03. The van der Waals surface area contributed by atoms with Gasteiger partial charge in [-0.2, -0.15) is 0 Å². The van der Waals surface area contributed by atoms with Crippen molar-refractivity contribution in [3.63, 3.8) is 0 Å². The molecule has 2 aromatic carbocycles. The van der Waals surface area contributed by atoms with Crippen LogP contribution in [0.5, 0.6) is 0 Å². The standard InChI is InChI=1S/C30H37ClN4O2/c1-19-3-5-24-26(13-19)32-18-30(24)9-12-34(16-20(30)2)17-28(36)21-7-10-35(11-8-21)29(37)27-15-22-14-23(31)4-6-25(22)33-27/h3-6,13-15,20-21,28,32-33,36H,7-12,16-18H2,1-2H3. The van der Waals surface area contributed by atoms with Crippen LogP contribution in [0.15, 0.2) is 42.5 Å². The molecular formula is C30H37ClN4O2. The number of rotatable bonds is 4. The summed E-state index contributed by atoms with van der Waals surface area (Å²) < 4.78 is 0. The van der Waals surface area contributed by atoms with E-state index in [1.807, 2.05) is 29.2 Å². The van der Waals surface area contributed by atoms with Crippen molar-refractivity contribution in [1.29, 1.82) is 0 Å². The van der Waals surface area contributed by atoms with Gasteiger partial charge in [-0.15, -0.1) is 0 Å². The Morgan fingerprint density at radius 1 is 1.16 bits per heavy atom. The first-order chi connectivity index (χ1) is 17.8. The number of fused-ring (bicyclic) bond motifs is 3. The summed E-state index contributed by atoms with van der Waals surface area (Å²) in [4.78, 5) is 20.7. The molecule has 0 aliphatic carbocycles. The summed E-state index contributed by atoms with van der Waals surface area (Å²) in [5, 5.41) is 16.4. The van der Waals surface area contributed by atoms with Crippen molar-refractivity contribution < 1.29 is 9.90 Å². The molecule has 3 aromatic rings. The van der Waals surface area contributed by atoms with Crippen molar-refractivity contribution >= 4 is 34.1 Å². The second-order valence-corrected chi connectivity index (χ2v) is 12.0. The molecule has 2 saturated heterocycles. The summed E-state index contributed by atoms with van der Waals surface area (Å²) >= 11 is 6.10. The molecule has 3 atom stereocenters. The number of anilines is 1. The number of piperidine rings is 2. The number of carbonyl (C=O) groups excluding carboxylic acids is 1. The van der Waals surface area contributed by atoms with Gasteiger partial charge in [-0.3, -0.25) is 4.79 Å². The van der Waals surface area contributed by atoms with E-state index in [0.29, 0.717) is 29.7 Å². The minimum Gasteiger partial charge on any atom is -0.392 e. The van der Waals surface area contributed by atoms with E-state index in [1.54, 1.807) is 0 Å². The van der Waals surface area contributed by atoms with Gasteiger partial charge in [0.15, 0.2) is 0 Å². The van der Waals surface area contributed by atoms with Crippen molar-refractivity contribution in [2.45, 2.75) is 44.6 Å². The molecule has 3 unspecified atom stereocenters. The Morgan fingerprint density at radius 2 is 1.97 bits per heavy atom. The summed E-state index contributed by atoms with van der Waals surface area (Å²) in [7, 11) is 0. The number of carbonyl (C=O) groups is 1. The van der Waals surface area contributed by atoms with Crippen LogP contribution in [0.1, 0.15) is 47.8 Å². The number of aliphatic hydroxyl groups is 1. The number of aryl methyl sites for hydroxylation is 1. The highest BCUT2D eigenvalue weighted by atomic mass is 35.5. The predicted octanol–water partition coefficient (Wildman–Crippen LogP) is 5.05. The highest BCUT2D eigenvalue weighted by Gasteiger charge is 2.46. The van der Waals surface area contributed by atoms with Gasteiger partial charge in [0.1, 0.15) is 5.69 Å². The van der Waals surface area contributed by atoms with Crippen LogP contribution in [0.4, 0.5) is 5.69 Å². The first kappa shape index (κ1) is 24.8. The van der Waals surface area contributed by atoms with Crippen molar-refractivity contribution in [1.82, 2.24) is 14.8 Å². The third-order valence-electron chi connectivity index (χ3n) is 9.28. The van der Waals surface area contributed by atoms with Crippen LogP contribution in [-0.2, 0) is 5.41 Å². The van der Waals surface area contributed by atoms with Crippen LogP contribution in [-0.4, -0.2) is 71.2 Å². The van der Waals surface area contributed by atoms with Gasteiger partial charge in [-0.25, -0.2) is 0 Å². The zero-order valence-electron chi connectivity index (χ0n) is 21.8. The molecule has 6 nitrogen and oxygen atoms in total. The summed E-state index contributed by atoms with van der Waals surface area (Å²) in [6, 6.07) is 14.3. The normalized spacial score (nSPS) is 25.4. The molecule has 7 heteroatoms. The number of nitrogens with one attached hydrogen (secondary N) is 2. The summed E-state index contributed by atoms with van der Waals surface area (Å²) in [5.74, 6) is 0.778. The molecule has 196 valence electrons. The number of hydrogen-bond donors (Lipinski definition) is 3. The number of β-amino-alcohol motifs (C(OH)–C–C–N with tert-alkyl or cyclic N) is 1. The zero-order valence-corrected chi connectivity index (χ0v) is 22.5. The number of H-pyrrole nitrogens is 1. The number of hydrogen-bond acceptors (Lipinski definition) is 4. The Morgan fingerprint density at radius 3 is 2.76 bits per heavy atom. The van der Waals surface area contributed by atoms with E-state index in [4.69, 9.17) is 11.6 Å². The molecule has 3 N–H and O–H groups in total. The molecule has 6 rings (SSSR count). The first-order valence-corrected chi connectivity index (χ1v) is 14.0. The van der Waals surface area contributed by atoms with Crippen LogP contribution >= 0.6 is 11.6 Å². The molecule has 1 aromatic heterocycles. The number of halogens is 1. The molecule has 3 aliphatic heterocycles. The lowest BCUT2D eigenvalue weighted by Gasteiger charge is -2.46. The smallest absolute Gasteiger partial charge is 0.270 e. The Bertz CT molecular complexity index is 1310. The van der Waals surface area contributed by atoms with E-state index >= 15 is 0 Å². The van der Waals surface area contributed by atoms with Crippen molar-refractivity contribution in [2.24, 2.45) is 11.8 Å². The van der Waals surface area contributed by atoms with Gasteiger partial charge in [0.05, 0.1) is 6.10 Å². The van der Waals surface area contributed by atoms with Gasteiger partial charge in [-0.05, 0) is 86.0 Å². The van der Waals surface area contributed by atoms with E-state index in [0.717, 1.165) is 56.3 Å². The maximum atomic E-state index is 13.1. The third-order valence-corrected chi connectivity index (χ3v) is 9.52. The number of likely N-dealkylation sites (tertiary alicyclic amines) is 2. The maximum absolute atomic E-state index is 13.1. The number of benzene rings is 2. The van der Waals surface area contributed by atoms with Crippen LogP contribution < -0.4 is 5.32 Å². The number of amides is 1. The van der Waals surface area contributed by atoms with E-state index in [9.17, 15) is 9.90 Å². The minimum atomic E-state index is -0.356. The second-order valence-electron chi connectivity index (χ2n) is 11.6. The predicted molar refractivity (Wildman–Crippen MR) is 150 cm³/mol. The zero-order chi connectivity index (χ0) is 25.7. The third kappa shape index (κ3) is 4.53. The maximum Gasteiger partial charge on any atom is 0.270 e. The fourth-order valence-electron chi connectivity index (χ4n) is 6.96. The van der Waals surface area contributed by atoms with Gasteiger partial charge in [0.2, 0.25) is 0 Å². The van der Waals surface area contributed by atoms with E-state index < -0.39 is 0 Å². The lowest BCUT2D eigenvalue weighted by Crippen LogP contribution is -2.52. The Hall–Kier alpha value is -2.54. The van der Waals surface area contributed by atoms with Crippen LogP contribution in [0.2, 0.25) is 5.02 Å². The molecule has 1 spiro atoms. The van der Waals surface area contributed by atoms with Gasteiger partial charge in [0.25, 0.3) is 5.91 Å². The topological polar surface area (TPSA) is 71.6 Å². The average molecular weight is 521 g/mol. The van der Waals surface area contributed by atoms with Gasteiger partial charge in [0, 0.05) is 59.8 Å². The summed E-state index contributed by atoms with van der Waals surface area (Å²) in [5.41, 5.74) is 5.80. The quantitative estimate of drug-likeness (QED) is 0.450. The lowest BCUT2D eigenvalue weighted by molar-refractivity contribution is 0.0110. The number of nitrogens with zero attached hydrogens (tertiary/aromatic N) is 2. The number of aromatic nitrogens is 1. The highest BCUT2D eigenvalue weighted by molar-refractivity contribution is 6.31. The van der Waals surface area contributed by atoms with E-state index in [2.05, 4.69) is 47.2 Å². The van der Waals surface area contributed by atoms with Gasteiger partial charge in [-0.1, -0.05) is 30.7 Å². The Kier molecular flexibility index (Phi) is 6.46. The van der Waals surface area contributed by atoms with Crippen molar-refractivity contribution in [3.8, 4) is 0 Å². The average Bonchev–Trinajstić information content (AvgIpc) is 3.47. The van der Waals surface area contributed by atoms with Crippen LogP contribution in [0, 0.1) is 18.8 Å². The summed E-state index contributed by atoms with van der Waals surface area (Å²) in [6.45, 7) is 9.63. The number of aliphatic hydroxyl groups excluding tert-OH is 1. The molecule has 3 aliphatic rings. The molecule has 2 fully saturated rings. The molecule has 4 heterocycles. The first-order valence-electron chi connectivity index (χ1n) is 13.7. The lowest BCUT2D eigenvalue weighted by atomic mass is 9.67.